The van der Waals surface area contributed by atoms with Crippen molar-refractivity contribution in [3.8, 4) is 0 Å². The van der Waals surface area contributed by atoms with E-state index in [0.717, 1.165) is 45.3 Å². The van der Waals surface area contributed by atoms with Gasteiger partial charge in [0.05, 0.1) is 12.0 Å². The van der Waals surface area contributed by atoms with Gasteiger partial charge in [0.15, 0.2) is 0 Å². The van der Waals surface area contributed by atoms with Crippen LogP contribution in [0.5, 0.6) is 0 Å². The molecule has 1 N–H and O–H groups in total. The minimum absolute atomic E-state index is 0.0746. The van der Waals surface area contributed by atoms with E-state index in [9.17, 15) is 9.59 Å². The number of piperazine rings is 1. The van der Waals surface area contributed by atoms with E-state index < -0.39 is 0 Å². The lowest BCUT2D eigenvalue weighted by atomic mass is 9.85. The molecule has 7 nitrogen and oxygen atoms in total. The van der Waals surface area contributed by atoms with Crippen molar-refractivity contribution < 1.29 is 9.59 Å². The molecule has 0 aromatic carbocycles. The Kier molecular flexibility index (Phi) is 4.06. The number of nitrogens with zero attached hydrogens (tertiary/aromatic N) is 4. The molecule has 1 aromatic heterocycles. The highest BCUT2D eigenvalue weighted by Crippen LogP contribution is 2.49. The van der Waals surface area contributed by atoms with E-state index in [2.05, 4.69) is 27.3 Å². The van der Waals surface area contributed by atoms with Crippen LogP contribution in [0.25, 0.3) is 0 Å². The van der Waals surface area contributed by atoms with Crippen LogP contribution in [0, 0.1) is 5.41 Å². The maximum atomic E-state index is 13.3. The number of amides is 2. The molecule has 2 amide bonds. The van der Waals surface area contributed by atoms with Gasteiger partial charge in [-0.25, -0.2) is 0 Å². The Balaban J connectivity index is 1.49. The molecule has 1 aromatic rings. The third-order valence-corrected chi connectivity index (χ3v) is 6.35. The smallest absolute Gasteiger partial charge is 0.230 e. The molecule has 0 bridgehead atoms. The van der Waals surface area contributed by atoms with Gasteiger partial charge in [0.25, 0.3) is 0 Å². The number of carbonyl (C=O) groups is 2. The van der Waals surface area contributed by atoms with E-state index >= 15 is 0 Å². The van der Waals surface area contributed by atoms with Crippen LogP contribution in [0.15, 0.2) is 18.5 Å². The van der Waals surface area contributed by atoms with Gasteiger partial charge < -0.3 is 10.2 Å². The average molecular weight is 345 g/mol. The summed E-state index contributed by atoms with van der Waals surface area (Å²) in [5, 5.41) is 7.25. The first-order valence-corrected chi connectivity index (χ1v) is 9.28. The van der Waals surface area contributed by atoms with Gasteiger partial charge in [0, 0.05) is 50.5 Å². The summed E-state index contributed by atoms with van der Waals surface area (Å²) >= 11 is 0. The second kappa shape index (κ2) is 6.12. The SMILES string of the molecule is CN1CCN(C(=O)C2(Cn3cccn3)CC2)C[C@@]12CCNC(=O)CC2. The lowest BCUT2D eigenvalue weighted by molar-refractivity contribution is -0.143. The first-order chi connectivity index (χ1) is 12.0. The lowest BCUT2D eigenvalue weighted by Gasteiger charge is -2.49. The fourth-order valence-electron chi connectivity index (χ4n) is 4.40. The van der Waals surface area contributed by atoms with Gasteiger partial charge in [-0.3, -0.25) is 19.2 Å². The molecule has 136 valence electrons. The summed E-state index contributed by atoms with van der Waals surface area (Å²) in [6, 6.07) is 1.90. The quantitative estimate of drug-likeness (QED) is 0.865. The normalized spacial score (nSPS) is 29.3. The van der Waals surface area contributed by atoms with Crippen LogP contribution in [-0.4, -0.2) is 70.2 Å². The number of nitrogens with one attached hydrogen (secondary N) is 1. The second-order valence-electron chi connectivity index (χ2n) is 7.96. The molecule has 3 aliphatic rings. The summed E-state index contributed by atoms with van der Waals surface area (Å²) in [6.07, 6.45) is 7.87. The minimum atomic E-state index is -0.262. The van der Waals surface area contributed by atoms with E-state index in [1.807, 2.05) is 16.9 Å². The topological polar surface area (TPSA) is 70.5 Å². The lowest BCUT2D eigenvalue weighted by Crippen LogP contribution is -2.63. The van der Waals surface area contributed by atoms with Crippen LogP contribution < -0.4 is 5.32 Å². The van der Waals surface area contributed by atoms with Crippen LogP contribution in [-0.2, 0) is 16.1 Å². The zero-order valence-electron chi connectivity index (χ0n) is 14.9. The Bertz CT molecular complexity index is 654. The van der Waals surface area contributed by atoms with E-state index in [4.69, 9.17) is 0 Å². The van der Waals surface area contributed by atoms with E-state index in [-0.39, 0.29) is 22.8 Å². The fourth-order valence-corrected chi connectivity index (χ4v) is 4.40. The molecule has 25 heavy (non-hydrogen) atoms. The van der Waals surface area contributed by atoms with Crippen LogP contribution in [0.2, 0.25) is 0 Å². The average Bonchev–Trinajstić information content (AvgIpc) is 3.25. The van der Waals surface area contributed by atoms with Crippen molar-refractivity contribution in [3.05, 3.63) is 18.5 Å². The molecule has 0 radical (unpaired) electrons. The minimum Gasteiger partial charge on any atom is -0.356 e. The number of hydrogen-bond acceptors (Lipinski definition) is 4. The number of rotatable bonds is 3. The van der Waals surface area contributed by atoms with Crippen molar-refractivity contribution >= 4 is 11.8 Å². The highest BCUT2D eigenvalue weighted by molar-refractivity contribution is 5.85. The number of likely N-dealkylation sites (N-methyl/N-ethyl adjacent to an activating group) is 1. The molecular formula is C18H27N5O2. The zero-order valence-corrected chi connectivity index (χ0v) is 14.9. The zero-order chi connectivity index (χ0) is 17.5. The predicted octanol–water partition coefficient (Wildman–Crippen LogP) is 0.476. The molecule has 3 fully saturated rings. The van der Waals surface area contributed by atoms with Crippen LogP contribution in [0.4, 0.5) is 0 Å². The Morgan fingerprint density at radius 1 is 1.28 bits per heavy atom. The van der Waals surface area contributed by atoms with Crippen molar-refractivity contribution in [3.63, 3.8) is 0 Å². The van der Waals surface area contributed by atoms with Crippen molar-refractivity contribution in [2.24, 2.45) is 5.41 Å². The van der Waals surface area contributed by atoms with Gasteiger partial charge in [-0.05, 0) is 38.8 Å². The van der Waals surface area contributed by atoms with Gasteiger partial charge in [0.1, 0.15) is 0 Å². The standard InChI is InChI=1S/C18H27N5O2/c1-21-11-12-22(14-18(21)4-3-15(24)19-9-7-18)16(25)17(5-6-17)13-23-10-2-8-20-23/h2,8,10H,3-7,9,11-14H2,1H3,(H,19,24)/t18-/m1/s1. The van der Waals surface area contributed by atoms with Crippen molar-refractivity contribution in [1.82, 2.24) is 24.9 Å². The maximum absolute atomic E-state index is 13.3. The Hall–Kier alpha value is -1.89. The molecule has 1 spiro atoms. The van der Waals surface area contributed by atoms with Crippen molar-refractivity contribution in [2.45, 2.75) is 44.2 Å². The summed E-state index contributed by atoms with van der Waals surface area (Å²) in [5.74, 6) is 0.407. The summed E-state index contributed by atoms with van der Waals surface area (Å²) in [4.78, 5) is 29.5. The molecule has 1 aliphatic carbocycles. The molecule has 7 heteroatoms. The number of aromatic nitrogens is 2. The molecule has 3 heterocycles. The van der Waals surface area contributed by atoms with E-state index in [1.165, 1.54) is 0 Å². The van der Waals surface area contributed by atoms with Gasteiger partial charge >= 0.3 is 0 Å². The molecule has 1 atom stereocenters. The fraction of sp³-hybridized carbons (Fsp3) is 0.722. The summed E-state index contributed by atoms with van der Waals surface area (Å²) in [7, 11) is 2.13. The highest BCUT2D eigenvalue weighted by atomic mass is 16.2. The van der Waals surface area contributed by atoms with Crippen LogP contribution in [0.3, 0.4) is 0 Å². The molecule has 2 aliphatic heterocycles. The third kappa shape index (κ3) is 3.05. The van der Waals surface area contributed by atoms with Crippen molar-refractivity contribution in [2.75, 3.05) is 33.2 Å². The summed E-state index contributed by atoms with van der Waals surface area (Å²) < 4.78 is 1.88. The predicted molar refractivity (Wildman–Crippen MR) is 92.7 cm³/mol. The van der Waals surface area contributed by atoms with Gasteiger partial charge in [-0.15, -0.1) is 0 Å². The third-order valence-electron chi connectivity index (χ3n) is 6.35. The first kappa shape index (κ1) is 16.6. The van der Waals surface area contributed by atoms with Crippen LogP contribution in [0.1, 0.15) is 32.1 Å². The number of carbonyl (C=O) groups excluding carboxylic acids is 2. The number of hydrogen-bond donors (Lipinski definition) is 1. The van der Waals surface area contributed by atoms with Crippen LogP contribution >= 0.6 is 0 Å². The monoisotopic (exact) mass is 345 g/mol. The Morgan fingerprint density at radius 3 is 2.84 bits per heavy atom. The van der Waals surface area contributed by atoms with Crippen molar-refractivity contribution in [1.29, 1.82) is 0 Å². The highest BCUT2D eigenvalue weighted by Gasteiger charge is 2.54. The molecule has 0 unspecified atom stereocenters. The van der Waals surface area contributed by atoms with Gasteiger partial charge in [0.2, 0.25) is 11.8 Å². The Morgan fingerprint density at radius 2 is 2.12 bits per heavy atom. The summed E-state index contributed by atoms with van der Waals surface area (Å²) in [5.41, 5.74) is -0.337. The largest absolute Gasteiger partial charge is 0.356 e. The molecule has 1 saturated carbocycles. The van der Waals surface area contributed by atoms with E-state index in [0.29, 0.717) is 19.5 Å². The van der Waals surface area contributed by atoms with Gasteiger partial charge in [-0.1, -0.05) is 0 Å². The Labute approximate surface area is 148 Å². The van der Waals surface area contributed by atoms with Gasteiger partial charge in [-0.2, -0.15) is 5.10 Å². The maximum Gasteiger partial charge on any atom is 0.230 e. The molecular weight excluding hydrogens is 318 g/mol. The second-order valence-corrected chi connectivity index (χ2v) is 7.96. The molecule has 4 rings (SSSR count). The molecule has 2 saturated heterocycles. The first-order valence-electron chi connectivity index (χ1n) is 9.28. The summed E-state index contributed by atoms with van der Waals surface area (Å²) in [6.45, 7) is 3.76. The van der Waals surface area contributed by atoms with E-state index in [1.54, 1.807) is 6.20 Å².